The van der Waals surface area contributed by atoms with Crippen LogP contribution in [-0.2, 0) is 104 Å². The summed E-state index contributed by atoms with van der Waals surface area (Å²) in [5, 5.41) is 54.8. The number of hydrogen-bond acceptors (Lipinski definition) is 28. The Morgan fingerprint density at radius 3 is 1.27 bits per heavy atom. The summed E-state index contributed by atoms with van der Waals surface area (Å²) in [5.74, 6) is -7.36. The molecule has 19 N–H and O–H groups in total. The maximum absolute atomic E-state index is 14.0. The van der Waals surface area contributed by atoms with Crippen LogP contribution in [0.5, 0.6) is 0 Å². The van der Waals surface area contributed by atoms with Gasteiger partial charge in [0.25, 0.3) is 27.8 Å². The first kappa shape index (κ1) is 112. The second kappa shape index (κ2) is 54.4. The van der Waals surface area contributed by atoms with Crippen molar-refractivity contribution in [2.24, 2.45) is 5.10 Å². The number of fused-ring (bicyclic) bond motifs is 2. The van der Waals surface area contributed by atoms with E-state index in [1.807, 2.05) is 0 Å². The van der Waals surface area contributed by atoms with Gasteiger partial charge in [0.1, 0.15) is 40.0 Å². The van der Waals surface area contributed by atoms with Crippen LogP contribution in [0.3, 0.4) is 0 Å². The molecular weight excluding hydrogens is 1940 g/mol. The molecule has 46 nitrogen and oxygen atoms in total. The predicted octanol–water partition coefficient (Wildman–Crippen LogP) is 4.16. The van der Waals surface area contributed by atoms with Crippen molar-refractivity contribution in [3.63, 3.8) is 0 Å². The van der Waals surface area contributed by atoms with Gasteiger partial charge < -0.3 is 97.3 Å². The standard InChI is InChI=1S/C96H120N22O24S3/c1-59-45-61(3)87(62(4)46-59)143(134,135)115-74(93(130)131)55-108-90(127)71-57-117(76-49-65(17-20-69(76)85(71)124)51-110-95-103-35-36-104-95)39-9-29-97-81(120)25-27-83(122)100-32-12-42-141-41-11-31-99-80(119)24-22-73(113-89(126)68-19-23-79(107-53-68)114-112-54-67-15-7-8-16-78(67)145(138,139)140)92(129)102-34-14-44-142-43-13-33-101-84(123)28-26-82(121)98-30-10-40-118-58-72(86(125)70-21-18-66(50-77(70)118)52-111-96-105-37-38-106-96)91(128)109-56-75(94(132)133)116-144(136,137)88-63(5)47-60(2)48-64(88)6/h7-8,15-21,23,35-38,45-50,53-54,57-58,73-75,115-116H,9-14,22,24-34,39-44,51-52,55-56H2,1-6H3,(H,97,120)(H,98,121)(H,99,119)(H,100,122)(H,101,123)(H,102,129)(H,107,114)(H,108,127)(H,109,128)(H,113,126)(H,130,131)(H,132,133)(H2,103,104,110)(H2,105,106,111)(H,138,139,140)/b112-54-/t73?,74-,75-/m0/s1. The van der Waals surface area contributed by atoms with E-state index in [0.29, 0.717) is 77.4 Å². The maximum Gasteiger partial charge on any atom is 0.323 e. The number of aliphatic carboxylic acids is 2. The van der Waals surface area contributed by atoms with E-state index in [1.54, 1.807) is 142 Å². The number of carbonyl (C=O) groups is 11. The lowest BCUT2D eigenvalue weighted by Gasteiger charge is -2.19. The Hall–Kier alpha value is -15.0. The maximum atomic E-state index is 14.0. The second-order valence-electron chi connectivity index (χ2n) is 34.1. The van der Waals surface area contributed by atoms with Crippen LogP contribution in [0.1, 0.15) is 158 Å². The minimum atomic E-state index is -4.57. The molecule has 0 saturated heterocycles. The number of pyridine rings is 3. The number of sulfonamides is 2. The lowest BCUT2D eigenvalue weighted by atomic mass is 10.1. The number of H-pyrrole nitrogens is 2. The number of ether oxygens (including phenoxy) is 2. The van der Waals surface area contributed by atoms with Crippen molar-refractivity contribution < 1.29 is 102 Å². The van der Waals surface area contributed by atoms with E-state index in [1.165, 1.54) is 48.9 Å². The first-order valence-electron chi connectivity index (χ1n) is 46.6. The van der Waals surface area contributed by atoms with Crippen molar-refractivity contribution in [2.75, 3.05) is 94.8 Å². The molecule has 1 unspecified atom stereocenters. The summed E-state index contributed by atoms with van der Waals surface area (Å²) in [6, 6.07) is 20.0. The summed E-state index contributed by atoms with van der Waals surface area (Å²) in [5.41, 5.74) is 6.16. The molecule has 145 heavy (non-hydrogen) atoms. The smallest absolute Gasteiger partial charge is 0.323 e. The number of imidazole rings is 2. The number of hydrogen-bond donors (Lipinski definition) is 19. The Labute approximate surface area is 835 Å². The zero-order valence-electron chi connectivity index (χ0n) is 80.7. The quantitative estimate of drug-likeness (QED) is 0.0110. The van der Waals surface area contributed by atoms with E-state index in [2.05, 4.69) is 103 Å². The molecule has 0 bridgehead atoms. The van der Waals surface area contributed by atoms with Gasteiger partial charge in [-0.1, -0.05) is 65.7 Å². The molecule has 3 atom stereocenters. The second-order valence-corrected chi connectivity index (χ2v) is 38.8. The van der Waals surface area contributed by atoms with Crippen LogP contribution < -0.4 is 84.2 Å². The molecule has 0 aliphatic carbocycles. The third-order valence-electron chi connectivity index (χ3n) is 22.5. The molecule has 10 aromatic rings. The Balaban J connectivity index is 0.617. The number of nitrogens with one attached hydrogen (secondary N) is 16. The number of benzene rings is 5. The highest BCUT2D eigenvalue weighted by Crippen LogP contribution is 2.26. The van der Waals surface area contributed by atoms with Gasteiger partial charge in [-0.05, 0) is 162 Å². The van der Waals surface area contributed by atoms with Crippen LogP contribution in [0.25, 0.3) is 21.8 Å². The Morgan fingerprint density at radius 1 is 0.469 bits per heavy atom. The van der Waals surface area contributed by atoms with Crippen LogP contribution in [-0.4, -0.2) is 242 Å². The number of amides is 9. The van der Waals surface area contributed by atoms with E-state index < -0.39 is 131 Å². The first-order chi connectivity index (χ1) is 69.2. The molecule has 5 aromatic heterocycles. The fraction of sp³-hybridized carbons (Fsp3) is 0.385. The SMILES string of the molecule is Cc1cc(C)c(S(=O)(=O)N[C@@H](CNC(=O)c2cn(CCCNC(=O)CCC(=O)NCCCOCCCNC(=O)CCC(NC(=O)c3ccc(N/N=C\c4ccccc4S(=O)(=O)O)nc3)C(=O)NCCCOCCCNC(=O)CCC(=O)NCCCn3cc(C(=O)NC[C@H](NS(=O)(=O)c4c(C)cc(C)cc4C)C(=O)O)c(=O)c4ccc(CNc5ncc[nH]5)cc43)c3cc(CNc4ncc[nH]4)ccc3c2=O)C(=O)O)c(C)c1. The van der Waals surface area contributed by atoms with E-state index in [0.717, 1.165) is 28.5 Å². The molecule has 776 valence electrons. The van der Waals surface area contributed by atoms with Crippen LogP contribution in [0.15, 0.2) is 170 Å². The zero-order valence-corrected chi connectivity index (χ0v) is 83.2. The number of rotatable bonds is 60. The van der Waals surface area contributed by atoms with Crippen molar-refractivity contribution in [1.82, 2.24) is 91.3 Å². The number of aromatic amines is 2. The van der Waals surface area contributed by atoms with Crippen LogP contribution in [0.2, 0.25) is 0 Å². The molecule has 0 aliphatic rings. The van der Waals surface area contributed by atoms with Gasteiger partial charge in [0.15, 0.2) is 11.9 Å². The largest absolute Gasteiger partial charge is 0.480 e. The normalized spacial score (nSPS) is 12.2. The summed E-state index contributed by atoms with van der Waals surface area (Å²) in [6.45, 7) is 11.2. The molecule has 0 saturated carbocycles. The molecule has 0 radical (unpaired) electrons. The lowest BCUT2D eigenvalue weighted by Crippen LogP contribution is -2.49. The third-order valence-corrected chi connectivity index (χ3v) is 27.0. The van der Waals surface area contributed by atoms with Crippen LogP contribution >= 0.6 is 0 Å². The molecule has 5 aromatic carbocycles. The highest BCUT2D eigenvalue weighted by atomic mass is 32.2. The number of aryl methyl sites for hydroxylation is 8. The predicted molar refractivity (Wildman–Crippen MR) is 536 cm³/mol. The van der Waals surface area contributed by atoms with Gasteiger partial charge in [0.05, 0.1) is 32.6 Å². The zero-order chi connectivity index (χ0) is 105. The number of hydrazone groups is 1. The Morgan fingerprint density at radius 2 is 0.876 bits per heavy atom. The minimum absolute atomic E-state index is 0.0213. The van der Waals surface area contributed by atoms with Crippen molar-refractivity contribution >= 4 is 141 Å². The summed E-state index contributed by atoms with van der Waals surface area (Å²) >= 11 is 0. The minimum Gasteiger partial charge on any atom is -0.480 e. The van der Waals surface area contributed by atoms with Crippen molar-refractivity contribution in [2.45, 2.75) is 178 Å². The molecule has 0 aliphatic heterocycles. The molecule has 0 spiro atoms. The van der Waals surface area contributed by atoms with Crippen molar-refractivity contribution in [1.29, 1.82) is 0 Å². The molecule has 0 fully saturated rings. The summed E-state index contributed by atoms with van der Waals surface area (Å²) in [6.07, 6.45) is 12.6. The number of aromatic nitrogens is 7. The van der Waals surface area contributed by atoms with Gasteiger partial charge in [-0.25, -0.2) is 31.8 Å². The lowest BCUT2D eigenvalue weighted by molar-refractivity contribution is -0.139. The average molecular weight is 2060 g/mol. The number of carboxylic acids is 2. The topological polar surface area (TPSA) is 664 Å². The third kappa shape index (κ3) is 34.7. The van der Waals surface area contributed by atoms with E-state index in [-0.39, 0.29) is 196 Å². The average Bonchev–Trinajstić information content (AvgIpc) is 0.917. The highest BCUT2D eigenvalue weighted by Gasteiger charge is 2.33. The Kier molecular flexibility index (Phi) is 42.0. The number of anilines is 3. The molecular formula is C96H120N22O24S3. The van der Waals surface area contributed by atoms with E-state index in [9.17, 15) is 102 Å². The monoisotopic (exact) mass is 2060 g/mol. The van der Waals surface area contributed by atoms with Gasteiger partial charge >= 0.3 is 11.9 Å². The number of carbonyl (C=O) groups excluding carboxylic acids is 9. The highest BCUT2D eigenvalue weighted by molar-refractivity contribution is 7.90. The fourth-order valence-electron chi connectivity index (χ4n) is 15.6. The molecule has 49 heteroatoms. The summed E-state index contributed by atoms with van der Waals surface area (Å²) in [4.78, 5) is 191. The van der Waals surface area contributed by atoms with Crippen molar-refractivity contribution in [3.05, 3.63) is 228 Å². The molecule has 10 rings (SSSR count). The number of nitrogens with zero attached hydrogens (tertiary/aromatic N) is 6. The van der Waals surface area contributed by atoms with Gasteiger partial charge in [-0.2, -0.15) is 23.0 Å². The van der Waals surface area contributed by atoms with Gasteiger partial charge in [0, 0.05) is 197 Å². The first-order valence-corrected chi connectivity index (χ1v) is 51.0. The Bertz CT molecular complexity index is 6780. The molecule has 5 heterocycles. The summed E-state index contributed by atoms with van der Waals surface area (Å²) in [7, 11) is -13.4. The number of carboxylic acid groups (broad SMARTS) is 2. The van der Waals surface area contributed by atoms with Crippen molar-refractivity contribution in [3.8, 4) is 0 Å². The fourth-order valence-corrected chi connectivity index (χ4v) is 19.6. The van der Waals surface area contributed by atoms with Crippen LogP contribution in [0.4, 0.5) is 17.7 Å². The van der Waals surface area contributed by atoms with E-state index >= 15 is 0 Å². The van der Waals surface area contributed by atoms with Gasteiger partial charge in [-0.15, -0.1) is 0 Å². The van der Waals surface area contributed by atoms with Gasteiger partial charge in [-0.3, -0.25) is 72.3 Å². The van der Waals surface area contributed by atoms with Gasteiger partial charge in [0.2, 0.25) is 66.3 Å². The summed E-state index contributed by atoms with van der Waals surface area (Å²) < 4.78 is 107. The van der Waals surface area contributed by atoms with E-state index in [4.69, 9.17) is 9.47 Å². The van der Waals surface area contributed by atoms with Crippen LogP contribution in [0, 0.1) is 41.5 Å². The molecule has 9 amide bonds.